The van der Waals surface area contributed by atoms with Crippen LogP contribution < -0.4 is 0 Å². The molecule has 0 amide bonds. The fraction of sp³-hybridized carbons (Fsp3) is 1.00. The lowest BCUT2D eigenvalue weighted by Crippen LogP contribution is -2.14. The first-order valence-electron chi connectivity index (χ1n) is 4.06. The molecule has 2 unspecified atom stereocenters. The summed E-state index contributed by atoms with van der Waals surface area (Å²) in [5.41, 5.74) is 0.609. The first kappa shape index (κ1) is 6.99. The smallest absolute Gasteiger partial charge is 0.0465 e. The van der Waals surface area contributed by atoms with E-state index in [1.807, 2.05) is 0 Å². The van der Waals surface area contributed by atoms with Crippen molar-refractivity contribution < 1.29 is 5.11 Å². The van der Waals surface area contributed by atoms with Crippen molar-refractivity contribution in [3.63, 3.8) is 0 Å². The van der Waals surface area contributed by atoms with E-state index >= 15 is 0 Å². The molecule has 1 aliphatic heterocycles. The fourth-order valence-corrected chi connectivity index (χ4v) is 3.44. The average Bonchev–Trinajstić information content (AvgIpc) is 2.65. The van der Waals surface area contributed by atoms with Gasteiger partial charge in [-0.15, -0.1) is 0 Å². The van der Waals surface area contributed by atoms with Gasteiger partial charge in [-0.3, -0.25) is 0 Å². The molecule has 1 N–H and O–H groups in total. The van der Waals surface area contributed by atoms with Crippen molar-refractivity contribution in [2.24, 2.45) is 11.3 Å². The average molecular weight is 158 g/mol. The Morgan fingerprint density at radius 1 is 1.60 bits per heavy atom. The Labute approximate surface area is 66.2 Å². The van der Waals surface area contributed by atoms with Gasteiger partial charge in [-0.05, 0) is 42.1 Å². The maximum atomic E-state index is 8.91. The van der Waals surface area contributed by atoms with Crippen LogP contribution in [0.25, 0.3) is 0 Å². The molecule has 2 aliphatic rings. The lowest BCUT2D eigenvalue weighted by Gasteiger charge is -2.21. The van der Waals surface area contributed by atoms with Crippen LogP contribution in [0.4, 0.5) is 0 Å². The van der Waals surface area contributed by atoms with Gasteiger partial charge < -0.3 is 5.11 Å². The van der Waals surface area contributed by atoms with Gasteiger partial charge in [0.25, 0.3) is 0 Å². The molecule has 0 aromatic rings. The largest absolute Gasteiger partial charge is 0.396 e. The van der Waals surface area contributed by atoms with Crippen LogP contribution in [-0.2, 0) is 0 Å². The standard InChI is InChI=1S/C8H14OS/c9-5-7-4-8(7)2-1-3-10-6-8/h7,9H,1-6H2. The molecular formula is C8H14OS. The van der Waals surface area contributed by atoms with Crippen LogP contribution in [0.3, 0.4) is 0 Å². The van der Waals surface area contributed by atoms with Crippen molar-refractivity contribution in [1.29, 1.82) is 0 Å². The van der Waals surface area contributed by atoms with Gasteiger partial charge in [-0.25, -0.2) is 0 Å². The number of hydrogen-bond donors (Lipinski definition) is 1. The van der Waals surface area contributed by atoms with E-state index in [9.17, 15) is 0 Å². The van der Waals surface area contributed by atoms with E-state index in [4.69, 9.17) is 5.11 Å². The van der Waals surface area contributed by atoms with Crippen LogP contribution in [-0.4, -0.2) is 23.2 Å². The van der Waals surface area contributed by atoms with Gasteiger partial charge in [0, 0.05) is 6.61 Å². The number of thioether (sulfide) groups is 1. The van der Waals surface area contributed by atoms with E-state index in [2.05, 4.69) is 11.8 Å². The Morgan fingerprint density at radius 2 is 2.50 bits per heavy atom. The van der Waals surface area contributed by atoms with Crippen molar-refractivity contribution in [2.45, 2.75) is 19.3 Å². The molecule has 2 atom stereocenters. The van der Waals surface area contributed by atoms with E-state index in [-0.39, 0.29) is 0 Å². The molecule has 1 nitrogen and oxygen atoms in total. The summed E-state index contributed by atoms with van der Waals surface area (Å²) in [6.07, 6.45) is 4.06. The van der Waals surface area contributed by atoms with Crippen LogP contribution in [0.2, 0.25) is 0 Å². The second-order valence-corrected chi connectivity index (χ2v) is 4.71. The Morgan fingerprint density at radius 3 is 3.00 bits per heavy atom. The van der Waals surface area contributed by atoms with Gasteiger partial charge in [0.2, 0.25) is 0 Å². The molecule has 0 aromatic carbocycles. The summed E-state index contributed by atoms with van der Waals surface area (Å²) >= 11 is 2.07. The summed E-state index contributed by atoms with van der Waals surface area (Å²) in [5, 5.41) is 8.91. The number of aliphatic hydroxyl groups is 1. The highest BCUT2D eigenvalue weighted by Crippen LogP contribution is 2.59. The molecular weight excluding hydrogens is 144 g/mol. The maximum absolute atomic E-state index is 8.91. The topological polar surface area (TPSA) is 20.2 Å². The summed E-state index contributed by atoms with van der Waals surface area (Å²) in [5.74, 6) is 3.33. The molecule has 2 heteroatoms. The van der Waals surface area contributed by atoms with Gasteiger partial charge in [-0.2, -0.15) is 11.8 Å². The van der Waals surface area contributed by atoms with Crippen LogP contribution in [0.1, 0.15) is 19.3 Å². The Hall–Kier alpha value is 0.310. The molecule has 1 saturated heterocycles. The molecule has 0 aromatic heterocycles. The third-order valence-corrected chi connectivity index (χ3v) is 4.29. The van der Waals surface area contributed by atoms with Gasteiger partial charge >= 0.3 is 0 Å². The third kappa shape index (κ3) is 0.978. The van der Waals surface area contributed by atoms with Crippen LogP contribution in [0.15, 0.2) is 0 Å². The number of rotatable bonds is 1. The van der Waals surface area contributed by atoms with Gasteiger partial charge in [0.05, 0.1) is 0 Å². The Bertz CT molecular complexity index is 129. The molecule has 1 saturated carbocycles. The van der Waals surface area contributed by atoms with E-state index < -0.39 is 0 Å². The quantitative estimate of drug-likeness (QED) is 0.624. The Kier molecular flexibility index (Phi) is 1.69. The molecule has 10 heavy (non-hydrogen) atoms. The molecule has 2 rings (SSSR count). The molecule has 1 heterocycles. The van der Waals surface area contributed by atoms with Crippen molar-refractivity contribution in [3.05, 3.63) is 0 Å². The summed E-state index contributed by atoms with van der Waals surface area (Å²) in [6, 6.07) is 0. The summed E-state index contributed by atoms with van der Waals surface area (Å²) in [4.78, 5) is 0. The Balaban J connectivity index is 1.92. The summed E-state index contributed by atoms with van der Waals surface area (Å²) in [6.45, 7) is 0.431. The van der Waals surface area contributed by atoms with E-state index in [1.165, 1.54) is 30.8 Å². The molecule has 0 radical (unpaired) electrons. The summed E-state index contributed by atoms with van der Waals surface area (Å²) in [7, 11) is 0. The van der Waals surface area contributed by atoms with Gasteiger partial charge in [0.1, 0.15) is 0 Å². The van der Waals surface area contributed by atoms with Crippen molar-refractivity contribution in [1.82, 2.24) is 0 Å². The van der Waals surface area contributed by atoms with Crippen molar-refractivity contribution >= 4 is 11.8 Å². The van der Waals surface area contributed by atoms with Crippen LogP contribution >= 0.6 is 11.8 Å². The minimum absolute atomic E-state index is 0.431. The molecule has 1 spiro atoms. The zero-order valence-electron chi connectivity index (χ0n) is 6.18. The van der Waals surface area contributed by atoms with Crippen molar-refractivity contribution in [2.75, 3.05) is 18.1 Å². The highest BCUT2D eigenvalue weighted by Gasteiger charge is 2.53. The lowest BCUT2D eigenvalue weighted by molar-refractivity contribution is 0.250. The number of hydrogen-bond acceptors (Lipinski definition) is 2. The minimum Gasteiger partial charge on any atom is -0.396 e. The molecule has 58 valence electrons. The third-order valence-electron chi connectivity index (χ3n) is 2.93. The lowest BCUT2D eigenvalue weighted by atomic mass is 10.00. The van der Waals surface area contributed by atoms with E-state index in [1.54, 1.807) is 0 Å². The SMILES string of the molecule is OCC1CC12CCCSC2. The highest BCUT2D eigenvalue weighted by atomic mass is 32.2. The van der Waals surface area contributed by atoms with Crippen molar-refractivity contribution in [3.8, 4) is 0 Å². The second kappa shape index (κ2) is 2.42. The predicted molar refractivity (Wildman–Crippen MR) is 44.2 cm³/mol. The maximum Gasteiger partial charge on any atom is 0.0465 e. The molecule has 2 fully saturated rings. The normalized spacial score (nSPS) is 45.9. The minimum atomic E-state index is 0.431. The van der Waals surface area contributed by atoms with E-state index in [0.29, 0.717) is 17.9 Å². The van der Waals surface area contributed by atoms with Crippen LogP contribution in [0.5, 0.6) is 0 Å². The first-order valence-corrected chi connectivity index (χ1v) is 5.21. The zero-order chi connectivity index (χ0) is 7.03. The first-order chi connectivity index (χ1) is 4.87. The highest BCUT2D eigenvalue weighted by molar-refractivity contribution is 7.99. The zero-order valence-corrected chi connectivity index (χ0v) is 6.99. The van der Waals surface area contributed by atoms with Gasteiger partial charge in [0.15, 0.2) is 0 Å². The van der Waals surface area contributed by atoms with Gasteiger partial charge in [-0.1, -0.05) is 0 Å². The predicted octanol–water partition coefficient (Wildman–Crippen LogP) is 1.51. The number of aliphatic hydroxyl groups excluding tert-OH is 1. The fourth-order valence-electron chi connectivity index (χ4n) is 2.05. The second-order valence-electron chi connectivity index (χ2n) is 3.60. The van der Waals surface area contributed by atoms with E-state index in [0.717, 1.165) is 0 Å². The molecule has 1 aliphatic carbocycles. The van der Waals surface area contributed by atoms with Crippen LogP contribution in [0, 0.1) is 11.3 Å². The summed E-state index contributed by atoms with van der Waals surface area (Å²) < 4.78 is 0. The molecule has 0 bridgehead atoms. The monoisotopic (exact) mass is 158 g/mol.